The summed E-state index contributed by atoms with van der Waals surface area (Å²) in [5, 5.41) is 0. The van der Waals surface area contributed by atoms with E-state index in [4.69, 9.17) is 10.7 Å². The fraction of sp³-hybridized carbons (Fsp3) is 0.588. The summed E-state index contributed by atoms with van der Waals surface area (Å²) >= 11 is 0. The lowest BCUT2D eigenvalue weighted by Gasteiger charge is -2.14. The molecule has 0 saturated carbocycles. The van der Waals surface area contributed by atoms with Gasteiger partial charge in [-0.25, -0.2) is 4.98 Å². The highest BCUT2D eigenvalue weighted by Gasteiger charge is 2.12. The summed E-state index contributed by atoms with van der Waals surface area (Å²) in [7, 11) is 0. The first-order valence-electron chi connectivity index (χ1n) is 7.94. The van der Waals surface area contributed by atoms with Crippen molar-refractivity contribution in [3.8, 4) is 0 Å². The lowest BCUT2D eigenvalue weighted by molar-refractivity contribution is 0.435. The number of nitrogens with zero attached hydrogens (tertiary/aromatic N) is 2. The van der Waals surface area contributed by atoms with Gasteiger partial charge in [-0.1, -0.05) is 32.4 Å². The van der Waals surface area contributed by atoms with E-state index in [9.17, 15) is 0 Å². The molecule has 3 nitrogen and oxygen atoms in total. The SMILES string of the molecule is CCCn1c(CCC(CC)CCN)nc2ccccc21. The monoisotopic (exact) mass is 273 g/mol. The van der Waals surface area contributed by atoms with Gasteiger partial charge in [0.2, 0.25) is 0 Å². The van der Waals surface area contributed by atoms with Gasteiger partial charge in [0.05, 0.1) is 11.0 Å². The second-order valence-corrected chi connectivity index (χ2v) is 5.56. The van der Waals surface area contributed by atoms with Crippen LogP contribution >= 0.6 is 0 Å². The third-order valence-corrected chi connectivity index (χ3v) is 4.11. The van der Waals surface area contributed by atoms with Crippen LogP contribution in [-0.4, -0.2) is 16.1 Å². The van der Waals surface area contributed by atoms with Crippen molar-refractivity contribution in [2.75, 3.05) is 6.54 Å². The van der Waals surface area contributed by atoms with Crippen molar-refractivity contribution in [3.05, 3.63) is 30.1 Å². The Morgan fingerprint density at radius 1 is 1.20 bits per heavy atom. The molecule has 0 amide bonds. The molecule has 0 fully saturated rings. The number of hydrogen-bond acceptors (Lipinski definition) is 2. The molecule has 0 saturated heterocycles. The van der Waals surface area contributed by atoms with Gasteiger partial charge in [0, 0.05) is 13.0 Å². The molecule has 2 aromatic rings. The molecule has 110 valence electrons. The van der Waals surface area contributed by atoms with E-state index in [0.29, 0.717) is 0 Å². The Bertz CT molecular complexity index is 530. The average Bonchev–Trinajstić information content (AvgIpc) is 2.82. The fourth-order valence-electron chi connectivity index (χ4n) is 2.91. The summed E-state index contributed by atoms with van der Waals surface area (Å²) in [6.45, 7) is 6.34. The molecule has 1 heterocycles. The molecule has 3 heteroatoms. The molecular formula is C17H27N3. The first kappa shape index (κ1) is 15.0. The van der Waals surface area contributed by atoms with Crippen molar-refractivity contribution in [3.63, 3.8) is 0 Å². The third-order valence-electron chi connectivity index (χ3n) is 4.11. The van der Waals surface area contributed by atoms with Gasteiger partial charge in [0.1, 0.15) is 5.82 Å². The number of rotatable bonds is 8. The average molecular weight is 273 g/mol. The van der Waals surface area contributed by atoms with Crippen molar-refractivity contribution >= 4 is 11.0 Å². The summed E-state index contributed by atoms with van der Waals surface area (Å²) in [6.07, 6.45) is 5.75. The highest BCUT2D eigenvalue weighted by molar-refractivity contribution is 5.75. The number of aryl methyl sites for hydroxylation is 2. The zero-order chi connectivity index (χ0) is 14.4. The van der Waals surface area contributed by atoms with Crippen LogP contribution < -0.4 is 5.73 Å². The Morgan fingerprint density at radius 2 is 2.00 bits per heavy atom. The van der Waals surface area contributed by atoms with Gasteiger partial charge in [0.15, 0.2) is 0 Å². The van der Waals surface area contributed by atoms with Crippen LogP contribution in [0.4, 0.5) is 0 Å². The van der Waals surface area contributed by atoms with Crippen LogP contribution in [0.25, 0.3) is 11.0 Å². The van der Waals surface area contributed by atoms with Crippen LogP contribution in [0.1, 0.15) is 45.4 Å². The first-order valence-corrected chi connectivity index (χ1v) is 7.94. The van der Waals surface area contributed by atoms with Gasteiger partial charge in [0.25, 0.3) is 0 Å². The Balaban J connectivity index is 2.17. The molecule has 0 aliphatic heterocycles. The summed E-state index contributed by atoms with van der Waals surface area (Å²) in [5.41, 5.74) is 8.09. The number of aromatic nitrogens is 2. The molecule has 1 unspecified atom stereocenters. The topological polar surface area (TPSA) is 43.8 Å². The quantitative estimate of drug-likeness (QED) is 0.796. The predicted molar refractivity (Wildman–Crippen MR) is 85.8 cm³/mol. The van der Waals surface area contributed by atoms with Gasteiger partial charge in [-0.2, -0.15) is 0 Å². The molecule has 0 aliphatic carbocycles. The van der Waals surface area contributed by atoms with Crippen LogP contribution in [0, 0.1) is 5.92 Å². The minimum Gasteiger partial charge on any atom is -0.330 e. The van der Waals surface area contributed by atoms with E-state index in [0.717, 1.165) is 43.8 Å². The molecule has 2 rings (SSSR count). The molecular weight excluding hydrogens is 246 g/mol. The number of hydrogen-bond donors (Lipinski definition) is 1. The molecule has 0 aliphatic rings. The van der Waals surface area contributed by atoms with Gasteiger partial charge in [-0.3, -0.25) is 0 Å². The van der Waals surface area contributed by atoms with Crippen molar-refractivity contribution in [1.82, 2.24) is 9.55 Å². The maximum absolute atomic E-state index is 5.69. The van der Waals surface area contributed by atoms with Gasteiger partial charge < -0.3 is 10.3 Å². The smallest absolute Gasteiger partial charge is 0.109 e. The van der Waals surface area contributed by atoms with Crippen LogP contribution in [-0.2, 0) is 13.0 Å². The zero-order valence-corrected chi connectivity index (χ0v) is 12.8. The van der Waals surface area contributed by atoms with Gasteiger partial charge in [-0.05, 0) is 43.9 Å². The van der Waals surface area contributed by atoms with Crippen molar-refractivity contribution in [1.29, 1.82) is 0 Å². The highest BCUT2D eigenvalue weighted by atomic mass is 15.1. The molecule has 20 heavy (non-hydrogen) atoms. The van der Waals surface area contributed by atoms with E-state index in [1.165, 1.54) is 24.2 Å². The highest BCUT2D eigenvalue weighted by Crippen LogP contribution is 2.20. The summed E-state index contributed by atoms with van der Waals surface area (Å²) in [6, 6.07) is 8.46. The van der Waals surface area contributed by atoms with E-state index in [1.54, 1.807) is 0 Å². The largest absolute Gasteiger partial charge is 0.330 e. The Hall–Kier alpha value is -1.35. The standard InChI is InChI=1S/C17H27N3/c1-3-13-20-16-8-6-5-7-15(16)19-17(20)10-9-14(4-2)11-12-18/h5-8,14H,3-4,9-13,18H2,1-2H3. The van der Waals surface area contributed by atoms with E-state index in [-0.39, 0.29) is 0 Å². The summed E-state index contributed by atoms with van der Waals surface area (Å²) < 4.78 is 2.39. The minimum absolute atomic E-state index is 0.731. The van der Waals surface area contributed by atoms with Crippen LogP contribution in [0.5, 0.6) is 0 Å². The van der Waals surface area contributed by atoms with Crippen LogP contribution in [0.15, 0.2) is 24.3 Å². The zero-order valence-electron chi connectivity index (χ0n) is 12.8. The van der Waals surface area contributed by atoms with E-state index < -0.39 is 0 Å². The second-order valence-electron chi connectivity index (χ2n) is 5.56. The predicted octanol–water partition coefficient (Wildman–Crippen LogP) is 3.75. The van der Waals surface area contributed by atoms with E-state index >= 15 is 0 Å². The lowest BCUT2D eigenvalue weighted by atomic mass is 9.96. The Kier molecular flexibility index (Phi) is 5.60. The maximum atomic E-state index is 5.69. The molecule has 2 N–H and O–H groups in total. The maximum Gasteiger partial charge on any atom is 0.109 e. The summed E-state index contributed by atoms with van der Waals surface area (Å²) in [4.78, 5) is 4.83. The third kappa shape index (κ3) is 3.40. The molecule has 0 radical (unpaired) electrons. The normalized spacial score (nSPS) is 12.9. The molecule has 1 atom stereocenters. The molecule has 0 spiro atoms. The summed E-state index contributed by atoms with van der Waals surface area (Å²) in [5.74, 6) is 1.97. The number of imidazole rings is 1. The minimum atomic E-state index is 0.731. The van der Waals surface area contributed by atoms with Crippen molar-refractivity contribution < 1.29 is 0 Å². The number of nitrogens with two attached hydrogens (primary N) is 1. The molecule has 1 aromatic carbocycles. The lowest BCUT2D eigenvalue weighted by Crippen LogP contribution is -2.11. The van der Waals surface area contributed by atoms with Crippen molar-refractivity contribution in [2.45, 2.75) is 52.5 Å². The number of benzene rings is 1. The van der Waals surface area contributed by atoms with E-state index in [1.807, 2.05) is 0 Å². The van der Waals surface area contributed by atoms with E-state index in [2.05, 4.69) is 42.7 Å². The number of para-hydroxylation sites is 2. The Labute approximate surface area is 122 Å². The Morgan fingerprint density at radius 3 is 2.70 bits per heavy atom. The fourth-order valence-corrected chi connectivity index (χ4v) is 2.91. The van der Waals surface area contributed by atoms with Crippen LogP contribution in [0.2, 0.25) is 0 Å². The molecule has 1 aromatic heterocycles. The number of fused-ring (bicyclic) bond motifs is 1. The molecule has 0 bridgehead atoms. The first-order chi connectivity index (χ1) is 9.80. The second kappa shape index (κ2) is 7.44. The van der Waals surface area contributed by atoms with Crippen LogP contribution in [0.3, 0.4) is 0 Å². The van der Waals surface area contributed by atoms with Crippen molar-refractivity contribution in [2.24, 2.45) is 11.7 Å². The van der Waals surface area contributed by atoms with Gasteiger partial charge in [-0.15, -0.1) is 0 Å². The van der Waals surface area contributed by atoms with Gasteiger partial charge >= 0.3 is 0 Å².